The molecule has 1 N–H and O–H groups in total. The molecule has 0 bridgehead atoms. The maximum absolute atomic E-state index is 12.6. The zero-order chi connectivity index (χ0) is 19.2. The number of benzene rings is 1. The lowest BCUT2D eigenvalue weighted by atomic mass is 9.95. The summed E-state index contributed by atoms with van der Waals surface area (Å²) in [5.41, 5.74) is 3.49. The lowest BCUT2D eigenvalue weighted by Gasteiger charge is -2.27. The van der Waals surface area contributed by atoms with Crippen LogP contribution in [0.25, 0.3) is 0 Å². The Morgan fingerprint density at radius 2 is 1.79 bits per heavy atom. The van der Waals surface area contributed by atoms with Gasteiger partial charge in [0.15, 0.2) is 0 Å². The Bertz CT molecular complexity index is 770. The topological polar surface area (TPSA) is 45.2 Å². The first-order valence-corrected chi connectivity index (χ1v) is 10.8. The summed E-state index contributed by atoms with van der Waals surface area (Å²) in [5.74, 6) is 0.180. The molecule has 0 spiro atoms. The van der Waals surface area contributed by atoms with Gasteiger partial charge in [0, 0.05) is 18.2 Å². The molecule has 2 heterocycles. The third-order valence-electron chi connectivity index (χ3n) is 6.08. The zero-order valence-corrected chi connectivity index (χ0v) is 16.6. The largest absolute Gasteiger partial charge is 0.352 e. The molecule has 1 aliphatic carbocycles. The molecule has 1 atom stereocenters. The number of hydrogen-bond acceptors (Lipinski definition) is 3. The number of carbonyl (C=O) groups is 1. The van der Waals surface area contributed by atoms with Crippen molar-refractivity contribution in [2.45, 2.75) is 63.5 Å². The molecule has 1 amide bonds. The van der Waals surface area contributed by atoms with Crippen LogP contribution >= 0.6 is 0 Å². The maximum Gasteiger partial charge on any atom is 0.234 e. The van der Waals surface area contributed by atoms with Gasteiger partial charge in [-0.1, -0.05) is 55.7 Å². The Balaban J connectivity index is 1.38. The molecule has 1 aliphatic heterocycles. The predicted molar refractivity (Wildman–Crippen MR) is 112 cm³/mol. The normalized spacial score (nSPS) is 20.9. The summed E-state index contributed by atoms with van der Waals surface area (Å²) >= 11 is 0. The van der Waals surface area contributed by atoms with E-state index in [-0.39, 0.29) is 11.9 Å². The first-order valence-electron chi connectivity index (χ1n) is 10.8. The third-order valence-corrected chi connectivity index (χ3v) is 6.08. The second-order valence-electron chi connectivity index (χ2n) is 8.25. The number of likely N-dealkylation sites (tertiary alicyclic amines) is 1. The number of hydrogen-bond donors (Lipinski definition) is 1. The van der Waals surface area contributed by atoms with Crippen molar-refractivity contribution in [3.63, 3.8) is 0 Å². The second-order valence-corrected chi connectivity index (χ2v) is 8.25. The number of pyridine rings is 1. The molecule has 1 saturated heterocycles. The molecule has 1 aromatic carbocycles. The smallest absolute Gasteiger partial charge is 0.234 e. The van der Waals surface area contributed by atoms with Gasteiger partial charge in [0.1, 0.15) is 0 Å². The molecule has 2 aliphatic rings. The minimum absolute atomic E-state index is 0.180. The molecule has 0 unspecified atom stereocenters. The molecule has 1 aromatic heterocycles. The molecule has 4 nitrogen and oxygen atoms in total. The Hall–Kier alpha value is -2.20. The van der Waals surface area contributed by atoms with E-state index in [2.05, 4.69) is 52.7 Å². The quantitative estimate of drug-likeness (QED) is 0.818. The van der Waals surface area contributed by atoms with Gasteiger partial charge in [0.05, 0.1) is 18.3 Å². The van der Waals surface area contributed by atoms with E-state index in [0.29, 0.717) is 12.6 Å². The number of amides is 1. The Kier molecular flexibility index (Phi) is 6.38. The predicted octanol–water partition coefficient (Wildman–Crippen LogP) is 4.26. The first-order chi connectivity index (χ1) is 13.8. The number of rotatable bonds is 6. The Morgan fingerprint density at radius 3 is 2.61 bits per heavy atom. The van der Waals surface area contributed by atoms with Crippen LogP contribution in [0.5, 0.6) is 0 Å². The minimum atomic E-state index is 0.180. The van der Waals surface area contributed by atoms with Crippen molar-refractivity contribution in [2.75, 3.05) is 13.1 Å². The van der Waals surface area contributed by atoms with Gasteiger partial charge in [0.25, 0.3) is 0 Å². The van der Waals surface area contributed by atoms with Crippen LogP contribution in [0.2, 0.25) is 0 Å². The molecule has 0 radical (unpaired) electrons. The fourth-order valence-corrected chi connectivity index (χ4v) is 4.64. The van der Waals surface area contributed by atoms with Gasteiger partial charge < -0.3 is 5.32 Å². The summed E-state index contributed by atoms with van der Waals surface area (Å²) in [4.78, 5) is 19.8. The van der Waals surface area contributed by atoms with Crippen LogP contribution in [0.4, 0.5) is 0 Å². The average molecular weight is 378 g/mol. The van der Waals surface area contributed by atoms with E-state index in [1.807, 2.05) is 6.07 Å². The lowest BCUT2D eigenvalue weighted by molar-refractivity contribution is -0.123. The van der Waals surface area contributed by atoms with E-state index in [1.54, 1.807) is 0 Å². The van der Waals surface area contributed by atoms with Gasteiger partial charge in [0.2, 0.25) is 5.91 Å². The highest BCUT2D eigenvalue weighted by atomic mass is 16.2. The molecule has 4 heteroatoms. The highest BCUT2D eigenvalue weighted by molar-refractivity contribution is 5.78. The zero-order valence-electron chi connectivity index (χ0n) is 16.6. The number of aromatic nitrogens is 1. The van der Waals surface area contributed by atoms with Crippen molar-refractivity contribution in [3.05, 3.63) is 65.5 Å². The molecule has 28 heavy (non-hydrogen) atoms. The van der Waals surface area contributed by atoms with Crippen molar-refractivity contribution in [1.29, 1.82) is 0 Å². The van der Waals surface area contributed by atoms with Crippen LogP contribution in [0.15, 0.2) is 48.5 Å². The van der Waals surface area contributed by atoms with E-state index in [1.165, 1.54) is 24.8 Å². The fraction of sp³-hybridized carbons (Fsp3) is 0.500. The van der Waals surface area contributed by atoms with Crippen LogP contribution in [0.1, 0.15) is 67.9 Å². The first kappa shape index (κ1) is 19.1. The average Bonchev–Trinajstić information content (AvgIpc) is 3.18. The summed E-state index contributed by atoms with van der Waals surface area (Å²) in [5, 5.41) is 3.26. The van der Waals surface area contributed by atoms with Crippen molar-refractivity contribution < 1.29 is 4.79 Å². The van der Waals surface area contributed by atoms with E-state index >= 15 is 0 Å². The van der Waals surface area contributed by atoms with Crippen LogP contribution in [0.3, 0.4) is 0 Å². The highest BCUT2D eigenvalue weighted by Crippen LogP contribution is 2.30. The van der Waals surface area contributed by atoms with Gasteiger partial charge in [-0.3, -0.25) is 14.7 Å². The number of nitrogens with zero attached hydrogens (tertiary/aromatic N) is 2. The minimum Gasteiger partial charge on any atom is -0.352 e. The maximum atomic E-state index is 12.6. The summed E-state index contributed by atoms with van der Waals surface area (Å²) in [6, 6.07) is 17.5. The van der Waals surface area contributed by atoms with Gasteiger partial charge in [-0.25, -0.2) is 0 Å². The summed E-state index contributed by atoms with van der Waals surface area (Å²) in [6.45, 7) is 1.47. The van der Waals surface area contributed by atoms with Crippen molar-refractivity contribution in [1.82, 2.24) is 15.2 Å². The van der Waals surface area contributed by atoms with Gasteiger partial charge in [-0.15, -0.1) is 0 Å². The highest BCUT2D eigenvalue weighted by Gasteiger charge is 2.29. The molecular formula is C24H31N3O. The van der Waals surface area contributed by atoms with Crippen LogP contribution in [0, 0.1) is 0 Å². The van der Waals surface area contributed by atoms with Crippen molar-refractivity contribution >= 4 is 5.91 Å². The second kappa shape index (κ2) is 9.33. The lowest BCUT2D eigenvalue weighted by Crippen LogP contribution is -2.42. The van der Waals surface area contributed by atoms with Gasteiger partial charge in [-0.2, -0.15) is 0 Å². The Morgan fingerprint density at radius 1 is 0.964 bits per heavy atom. The van der Waals surface area contributed by atoms with Crippen LogP contribution in [-0.4, -0.2) is 34.9 Å². The molecule has 1 saturated carbocycles. The SMILES string of the molecule is O=C(CN1CCC[C@H]1c1cccc(Cc2ccccc2)n1)NC1CCCCC1. The molecule has 148 valence electrons. The van der Waals surface area contributed by atoms with E-state index in [0.717, 1.165) is 50.0 Å². The van der Waals surface area contributed by atoms with Crippen LogP contribution in [-0.2, 0) is 11.2 Å². The third kappa shape index (κ3) is 4.99. The number of nitrogens with one attached hydrogen (secondary N) is 1. The van der Waals surface area contributed by atoms with Gasteiger partial charge >= 0.3 is 0 Å². The summed E-state index contributed by atoms with van der Waals surface area (Å²) in [7, 11) is 0. The molecule has 2 aromatic rings. The summed E-state index contributed by atoms with van der Waals surface area (Å²) in [6.07, 6.45) is 9.14. The van der Waals surface area contributed by atoms with Gasteiger partial charge in [-0.05, 0) is 49.9 Å². The van der Waals surface area contributed by atoms with Crippen molar-refractivity contribution in [3.8, 4) is 0 Å². The summed E-state index contributed by atoms with van der Waals surface area (Å²) < 4.78 is 0. The molecule has 2 fully saturated rings. The fourth-order valence-electron chi connectivity index (χ4n) is 4.64. The monoisotopic (exact) mass is 377 g/mol. The van der Waals surface area contributed by atoms with E-state index in [9.17, 15) is 4.79 Å². The molecular weight excluding hydrogens is 346 g/mol. The van der Waals surface area contributed by atoms with E-state index in [4.69, 9.17) is 4.98 Å². The number of carbonyl (C=O) groups excluding carboxylic acids is 1. The van der Waals surface area contributed by atoms with Crippen LogP contribution < -0.4 is 5.32 Å². The van der Waals surface area contributed by atoms with Crippen molar-refractivity contribution in [2.24, 2.45) is 0 Å². The molecule has 4 rings (SSSR count). The Labute approximate surface area is 168 Å². The standard InChI is InChI=1S/C24H31N3O/c28-24(26-20-11-5-2-6-12-20)18-27-16-8-15-23(27)22-14-7-13-21(25-22)17-19-9-3-1-4-10-19/h1,3-4,7,9-10,13-14,20,23H,2,5-6,8,11-12,15-18H2,(H,26,28)/t23-/m0/s1. The van der Waals surface area contributed by atoms with E-state index < -0.39 is 0 Å².